The molecule has 2 aliphatic heterocycles. The topological polar surface area (TPSA) is 111 Å². The Balaban J connectivity index is 1.21. The van der Waals surface area contributed by atoms with E-state index >= 15 is 0 Å². The number of piperidine rings is 1. The lowest BCUT2D eigenvalue weighted by Gasteiger charge is -2.31. The Morgan fingerprint density at radius 3 is 2.62 bits per heavy atom. The molecule has 0 saturated carbocycles. The lowest BCUT2D eigenvalue weighted by molar-refractivity contribution is -0.122. The standard InChI is InChI=1S/C29H34ClN7O2/c1-29(2)25-20(5-4-6-23(25)35-27(29)39)15-32-26-22(30)16-33-28(36-26)34-21-9-7-18(8-10-21)19-11-13-37(14-12-19)17-24(38)31-3/h4-10,16,19H,11-15,17H2,1-3H3,(H,31,38)(H,35,39)(H2,32,33,34,36). The third-order valence-electron chi connectivity index (χ3n) is 7.65. The molecule has 0 radical (unpaired) electrons. The van der Waals surface area contributed by atoms with Crippen LogP contribution in [0.5, 0.6) is 0 Å². The number of likely N-dealkylation sites (tertiary alicyclic amines) is 1. The van der Waals surface area contributed by atoms with Gasteiger partial charge < -0.3 is 21.3 Å². The van der Waals surface area contributed by atoms with Gasteiger partial charge >= 0.3 is 0 Å². The van der Waals surface area contributed by atoms with Crippen LogP contribution >= 0.6 is 11.6 Å². The molecule has 1 saturated heterocycles. The molecule has 204 valence electrons. The molecule has 3 aromatic rings. The van der Waals surface area contributed by atoms with Gasteiger partial charge in [0.1, 0.15) is 5.02 Å². The van der Waals surface area contributed by atoms with E-state index in [1.807, 2.05) is 44.2 Å². The first-order valence-corrected chi connectivity index (χ1v) is 13.6. The molecule has 1 fully saturated rings. The molecule has 2 aliphatic rings. The summed E-state index contributed by atoms with van der Waals surface area (Å²) in [5.41, 5.74) is 4.42. The first kappa shape index (κ1) is 26.9. The number of fused-ring (bicyclic) bond motifs is 1. The van der Waals surface area contributed by atoms with E-state index < -0.39 is 5.41 Å². The Morgan fingerprint density at radius 2 is 1.90 bits per heavy atom. The first-order chi connectivity index (χ1) is 18.7. The average Bonchev–Trinajstić information content (AvgIpc) is 3.18. The number of carbonyl (C=O) groups excluding carboxylic acids is 2. The third-order valence-corrected chi connectivity index (χ3v) is 7.93. The highest BCUT2D eigenvalue weighted by Gasteiger charge is 2.39. The van der Waals surface area contributed by atoms with E-state index in [1.165, 1.54) is 5.56 Å². The van der Waals surface area contributed by atoms with E-state index in [-0.39, 0.29) is 11.8 Å². The number of benzene rings is 2. The number of likely N-dealkylation sites (N-methyl/N-ethyl adjacent to an activating group) is 1. The van der Waals surface area contributed by atoms with Crippen molar-refractivity contribution in [2.45, 2.75) is 44.6 Å². The van der Waals surface area contributed by atoms with E-state index in [1.54, 1.807) is 13.2 Å². The minimum atomic E-state index is -0.607. The van der Waals surface area contributed by atoms with Crippen LogP contribution in [0.25, 0.3) is 0 Å². The average molecular weight is 548 g/mol. The Morgan fingerprint density at radius 1 is 1.15 bits per heavy atom. The fourth-order valence-electron chi connectivity index (χ4n) is 5.39. The number of rotatable bonds is 8. The number of nitrogens with one attached hydrogen (secondary N) is 4. The number of amides is 2. The summed E-state index contributed by atoms with van der Waals surface area (Å²) in [5, 5.41) is 12.7. The van der Waals surface area contributed by atoms with E-state index in [9.17, 15) is 9.59 Å². The fraction of sp³-hybridized carbons (Fsp3) is 0.379. The highest BCUT2D eigenvalue weighted by Crippen LogP contribution is 2.40. The molecule has 0 bridgehead atoms. The number of carbonyl (C=O) groups is 2. The first-order valence-electron chi connectivity index (χ1n) is 13.2. The van der Waals surface area contributed by atoms with Gasteiger partial charge in [-0.05, 0) is 80.6 Å². The molecule has 5 rings (SSSR count). The van der Waals surface area contributed by atoms with E-state index in [0.717, 1.165) is 48.4 Å². The Labute approximate surface area is 233 Å². The molecule has 0 aliphatic carbocycles. The zero-order valence-corrected chi connectivity index (χ0v) is 23.2. The molecule has 0 unspecified atom stereocenters. The number of hydrogen-bond acceptors (Lipinski definition) is 7. The smallest absolute Gasteiger partial charge is 0.234 e. The van der Waals surface area contributed by atoms with Crippen LogP contribution in [-0.4, -0.2) is 53.4 Å². The predicted molar refractivity (Wildman–Crippen MR) is 155 cm³/mol. The Kier molecular flexibility index (Phi) is 7.72. The second kappa shape index (κ2) is 11.2. The fourth-order valence-corrected chi connectivity index (χ4v) is 5.54. The number of anilines is 4. The molecule has 10 heteroatoms. The summed E-state index contributed by atoms with van der Waals surface area (Å²) in [7, 11) is 1.68. The van der Waals surface area contributed by atoms with Gasteiger partial charge in [-0.3, -0.25) is 14.5 Å². The van der Waals surface area contributed by atoms with E-state index in [4.69, 9.17) is 11.6 Å². The molecule has 39 heavy (non-hydrogen) atoms. The summed E-state index contributed by atoms with van der Waals surface area (Å²) in [6.45, 7) is 6.63. The van der Waals surface area contributed by atoms with Crippen molar-refractivity contribution in [3.8, 4) is 0 Å². The number of halogens is 1. The molecule has 2 amide bonds. The van der Waals surface area contributed by atoms with Crippen LogP contribution in [0.15, 0.2) is 48.7 Å². The van der Waals surface area contributed by atoms with Crippen molar-refractivity contribution in [3.63, 3.8) is 0 Å². The molecule has 4 N–H and O–H groups in total. The van der Waals surface area contributed by atoms with Crippen LogP contribution in [0.2, 0.25) is 5.02 Å². The predicted octanol–water partition coefficient (Wildman–Crippen LogP) is 4.64. The maximum Gasteiger partial charge on any atom is 0.234 e. The van der Waals surface area contributed by atoms with Crippen molar-refractivity contribution in [1.29, 1.82) is 0 Å². The molecular weight excluding hydrogens is 514 g/mol. The van der Waals surface area contributed by atoms with Gasteiger partial charge in [0, 0.05) is 25.0 Å². The number of hydrogen-bond donors (Lipinski definition) is 4. The van der Waals surface area contributed by atoms with Gasteiger partial charge in [0.25, 0.3) is 0 Å². The zero-order valence-electron chi connectivity index (χ0n) is 22.5. The summed E-state index contributed by atoms with van der Waals surface area (Å²) in [4.78, 5) is 35.2. The van der Waals surface area contributed by atoms with Crippen molar-refractivity contribution in [3.05, 3.63) is 70.4 Å². The van der Waals surface area contributed by atoms with Gasteiger partial charge in [0.15, 0.2) is 5.82 Å². The third kappa shape index (κ3) is 5.84. The lowest BCUT2D eigenvalue weighted by Crippen LogP contribution is -2.40. The second-order valence-corrected chi connectivity index (χ2v) is 11.0. The van der Waals surface area contributed by atoms with Crippen molar-refractivity contribution in [2.24, 2.45) is 0 Å². The van der Waals surface area contributed by atoms with Crippen LogP contribution in [0, 0.1) is 0 Å². The molecule has 3 heterocycles. The quantitative estimate of drug-likeness (QED) is 0.325. The van der Waals surface area contributed by atoms with Gasteiger partial charge in [-0.25, -0.2) is 4.98 Å². The molecule has 1 aromatic heterocycles. The van der Waals surface area contributed by atoms with Crippen LogP contribution in [0.1, 0.15) is 49.3 Å². The molecular formula is C29H34ClN7O2. The molecule has 0 atom stereocenters. The molecule has 2 aromatic carbocycles. The highest BCUT2D eigenvalue weighted by atomic mass is 35.5. The van der Waals surface area contributed by atoms with Gasteiger partial charge in [-0.1, -0.05) is 35.9 Å². The monoisotopic (exact) mass is 547 g/mol. The summed E-state index contributed by atoms with van der Waals surface area (Å²) in [5.74, 6) is 1.49. The van der Waals surface area contributed by atoms with Gasteiger partial charge in [-0.2, -0.15) is 4.98 Å². The van der Waals surface area contributed by atoms with E-state index in [2.05, 4.69) is 48.3 Å². The minimum absolute atomic E-state index is 0.00556. The van der Waals surface area contributed by atoms with Crippen LogP contribution in [0.3, 0.4) is 0 Å². The summed E-state index contributed by atoms with van der Waals surface area (Å²) in [6.07, 6.45) is 3.64. The van der Waals surface area contributed by atoms with Crippen molar-refractivity contribution >= 4 is 46.6 Å². The Bertz CT molecular complexity index is 1370. The SMILES string of the molecule is CNC(=O)CN1CCC(c2ccc(Nc3ncc(Cl)c(NCc4cccc5c4C(C)(C)C(=O)N5)n3)cc2)CC1. The van der Waals surface area contributed by atoms with Gasteiger partial charge in [0.05, 0.1) is 18.2 Å². The summed E-state index contributed by atoms with van der Waals surface area (Å²) in [6, 6.07) is 14.2. The van der Waals surface area contributed by atoms with Gasteiger partial charge in [-0.15, -0.1) is 0 Å². The normalized spacial score (nSPS) is 16.9. The second-order valence-electron chi connectivity index (χ2n) is 10.6. The number of nitrogens with zero attached hydrogens (tertiary/aromatic N) is 3. The largest absolute Gasteiger partial charge is 0.365 e. The Hall–Kier alpha value is -3.69. The molecule has 0 spiro atoms. The molecule has 9 nitrogen and oxygen atoms in total. The number of aromatic nitrogens is 2. The van der Waals surface area contributed by atoms with E-state index in [0.29, 0.717) is 35.8 Å². The van der Waals surface area contributed by atoms with Gasteiger partial charge in [0.2, 0.25) is 17.8 Å². The maximum atomic E-state index is 12.4. The van der Waals surface area contributed by atoms with Crippen molar-refractivity contribution < 1.29 is 9.59 Å². The van der Waals surface area contributed by atoms with Crippen molar-refractivity contribution in [2.75, 3.05) is 42.6 Å². The van der Waals surface area contributed by atoms with Crippen LogP contribution in [0.4, 0.5) is 23.1 Å². The highest BCUT2D eigenvalue weighted by molar-refractivity contribution is 6.32. The summed E-state index contributed by atoms with van der Waals surface area (Å²) < 4.78 is 0. The van der Waals surface area contributed by atoms with Crippen LogP contribution in [-0.2, 0) is 21.5 Å². The van der Waals surface area contributed by atoms with Crippen molar-refractivity contribution in [1.82, 2.24) is 20.2 Å². The zero-order chi connectivity index (χ0) is 27.6. The maximum absolute atomic E-state index is 12.4. The lowest BCUT2D eigenvalue weighted by atomic mass is 9.83. The van der Waals surface area contributed by atoms with Crippen LogP contribution < -0.4 is 21.3 Å². The summed E-state index contributed by atoms with van der Waals surface area (Å²) >= 11 is 6.41. The minimum Gasteiger partial charge on any atom is -0.365 e.